The maximum Gasteiger partial charge on any atom is 0.327 e. The molecule has 1 aromatic rings. The third-order valence-electron chi connectivity index (χ3n) is 2.86. The molecule has 0 atom stereocenters. The molecule has 0 aliphatic carbocycles. The molecule has 8 nitrogen and oxygen atoms in total. The van der Waals surface area contributed by atoms with Crippen LogP contribution in [0, 0.1) is 10.1 Å². The van der Waals surface area contributed by atoms with E-state index in [1.165, 1.54) is 24.1 Å². The van der Waals surface area contributed by atoms with Gasteiger partial charge in [-0.1, -0.05) is 6.07 Å². The maximum atomic E-state index is 11.7. The third-order valence-corrected chi connectivity index (χ3v) is 2.86. The van der Waals surface area contributed by atoms with Gasteiger partial charge >= 0.3 is 6.03 Å². The Morgan fingerprint density at radius 2 is 2.11 bits per heavy atom. The summed E-state index contributed by atoms with van der Waals surface area (Å²) in [5, 5.41) is 10.8. The molecule has 100 valence electrons. The summed E-state index contributed by atoms with van der Waals surface area (Å²) in [4.78, 5) is 35.8. The predicted octanol–water partition coefficient (Wildman–Crippen LogP) is 0.571. The first-order valence-corrected chi connectivity index (χ1v) is 5.48. The lowest BCUT2D eigenvalue weighted by molar-refractivity contribution is -0.384. The van der Waals surface area contributed by atoms with Gasteiger partial charge < -0.3 is 10.6 Å². The lowest BCUT2D eigenvalue weighted by atomic mass is 10.1. The van der Waals surface area contributed by atoms with Crippen LogP contribution in [-0.2, 0) is 11.3 Å². The molecule has 1 aliphatic heterocycles. The number of benzene rings is 1. The number of carbonyl (C=O) groups excluding carboxylic acids is 2. The smallest absolute Gasteiger partial charge is 0.327 e. The minimum Gasteiger partial charge on any atom is -0.393 e. The fourth-order valence-corrected chi connectivity index (χ4v) is 1.85. The van der Waals surface area contributed by atoms with Crippen LogP contribution < -0.4 is 5.73 Å². The van der Waals surface area contributed by atoms with E-state index < -0.39 is 11.0 Å². The zero-order chi connectivity index (χ0) is 14.2. The van der Waals surface area contributed by atoms with Crippen molar-refractivity contribution < 1.29 is 14.5 Å². The van der Waals surface area contributed by atoms with Crippen LogP contribution in [0.15, 0.2) is 18.2 Å². The normalized spacial score (nSPS) is 15.2. The van der Waals surface area contributed by atoms with E-state index in [1.54, 1.807) is 6.07 Å². The topological polar surface area (TPSA) is 110 Å². The fourth-order valence-electron chi connectivity index (χ4n) is 1.85. The Kier molecular flexibility index (Phi) is 3.07. The Hall–Kier alpha value is -2.64. The highest BCUT2D eigenvalue weighted by Crippen LogP contribution is 2.24. The number of urea groups is 1. The standard InChI is InChI=1S/C11H12N4O4/c1-13-6-10(16)14(11(13)17)5-7-2-3-8(12)9(4-7)15(18)19/h2-4H,5-6,12H2,1H3. The summed E-state index contributed by atoms with van der Waals surface area (Å²) in [6, 6.07) is 3.81. The number of nitrogens with zero attached hydrogens (tertiary/aromatic N) is 3. The summed E-state index contributed by atoms with van der Waals surface area (Å²) in [6.45, 7) is 0.0268. The molecular weight excluding hydrogens is 252 g/mol. The zero-order valence-corrected chi connectivity index (χ0v) is 10.2. The number of anilines is 1. The van der Waals surface area contributed by atoms with E-state index in [0.29, 0.717) is 5.56 Å². The summed E-state index contributed by atoms with van der Waals surface area (Å²) in [5.41, 5.74) is 5.78. The van der Waals surface area contributed by atoms with E-state index in [4.69, 9.17) is 5.73 Å². The number of likely N-dealkylation sites (N-methyl/N-ethyl adjacent to an activating group) is 1. The Morgan fingerprint density at radius 3 is 2.63 bits per heavy atom. The van der Waals surface area contributed by atoms with Gasteiger partial charge in [0.05, 0.1) is 11.5 Å². The van der Waals surface area contributed by atoms with Crippen LogP contribution in [-0.4, -0.2) is 40.3 Å². The Balaban J connectivity index is 2.25. The van der Waals surface area contributed by atoms with Gasteiger partial charge in [-0.25, -0.2) is 4.79 Å². The van der Waals surface area contributed by atoms with E-state index in [9.17, 15) is 19.7 Å². The van der Waals surface area contributed by atoms with Crippen molar-refractivity contribution >= 4 is 23.3 Å². The van der Waals surface area contributed by atoms with Crippen molar-refractivity contribution in [1.29, 1.82) is 0 Å². The van der Waals surface area contributed by atoms with Crippen LogP contribution in [0.4, 0.5) is 16.2 Å². The third kappa shape index (κ3) is 2.32. The molecule has 1 fully saturated rings. The van der Waals surface area contributed by atoms with Gasteiger partial charge in [-0.3, -0.25) is 19.8 Å². The van der Waals surface area contributed by atoms with E-state index in [0.717, 1.165) is 4.90 Å². The number of hydrogen-bond acceptors (Lipinski definition) is 5. The lowest BCUT2D eigenvalue weighted by Gasteiger charge is -2.14. The first-order chi connectivity index (χ1) is 8.90. The average molecular weight is 264 g/mol. The summed E-state index contributed by atoms with van der Waals surface area (Å²) < 4.78 is 0. The molecule has 2 N–H and O–H groups in total. The highest BCUT2D eigenvalue weighted by atomic mass is 16.6. The molecule has 0 aromatic heterocycles. The van der Waals surface area contributed by atoms with E-state index >= 15 is 0 Å². The average Bonchev–Trinajstić information content (AvgIpc) is 2.58. The molecule has 0 unspecified atom stereocenters. The van der Waals surface area contributed by atoms with Crippen LogP contribution in [0.5, 0.6) is 0 Å². The van der Waals surface area contributed by atoms with Crippen LogP contribution >= 0.6 is 0 Å². The fraction of sp³-hybridized carbons (Fsp3) is 0.273. The van der Waals surface area contributed by atoms with Crippen molar-refractivity contribution in [3.05, 3.63) is 33.9 Å². The van der Waals surface area contributed by atoms with E-state index in [1.807, 2.05) is 0 Å². The molecule has 1 saturated heterocycles. The van der Waals surface area contributed by atoms with Gasteiger partial charge in [-0.15, -0.1) is 0 Å². The molecular formula is C11H12N4O4. The number of imide groups is 1. The molecule has 8 heteroatoms. The number of hydrogen-bond donors (Lipinski definition) is 1. The van der Waals surface area contributed by atoms with Crippen molar-refractivity contribution in [3.8, 4) is 0 Å². The zero-order valence-electron chi connectivity index (χ0n) is 10.2. The number of rotatable bonds is 3. The SMILES string of the molecule is CN1CC(=O)N(Cc2ccc(N)c([N+](=O)[O-])c2)C1=O. The molecule has 0 saturated carbocycles. The lowest BCUT2D eigenvalue weighted by Crippen LogP contribution is -2.31. The molecule has 2 rings (SSSR count). The van der Waals surface area contributed by atoms with Gasteiger partial charge in [0.15, 0.2) is 0 Å². The van der Waals surface area contributed by atoms with Crippen molar-refractivity contribution in [1.82, 2.24) is 9.80 Å². The number of amides is 3. The molecule has 19 heavy (non-hydrogen) atoms. The van der Waals surface area contributed by atoms with E-state index in [2.05, 4.69) is 0 Å². The van der Waals surface area contributed by atoms with Gasteiger partial charge in [0.1, 0.15) is 12.2 Å². The second-order valence-electron chi connectivity index (χ2n) is 4.27. The van der Waals surface area contributed by atoms with Crippen LogP contribution in [0.25, 0.3) is 0 Å². The number of nitrogen functional groups attached to an aromatic ring is 1. The molecule has 1 heterocycles. The van der Waals surface area contributed by atoms with Crippen LogP contribution in [0.1, 0.15) is 5.56 Å². The molecule has 0 radical (unpaired) electrons. The van der Waals surface area contributed by atoms with Gasteiger partial charge in [-0.2, -0.15) is 0 Å². The quantitative estimate of drug-likeness (QED) is 0.371. The highest BCUT2D eigenvalue weighted by Gasteiger charge is 2.33. The van der Waals surface area contributed by atoms with Gasteiger partial charge in [0.25, 0.3) is 11.6 Å². The van der Waals surface area contributed by atoms with Crippen LogP contribution in [0.2, 0.25) is 0 Å². The molecule has 0 spiro atoms. The van der Waals surface area contributed by atoms with Gasteiger partial charge in [0, 0.05) is 13.1 Å². The largest absolute Gasteiger partial charge is 0.393 e. The van der Waals surface area contributed by atoms with Crippen LogP contribution in [0.3, 0.4) is 0 Å². The number of nitro benzene ring substituents is 1. The molecule has 0 bridgehead atoms. The Morgan fingerprint density at radius 1 is 1.42 bits per heavy atom. The Labute approximate surface area is 108 Å². The van der Waals surface area contributed by atoms with Gasteiger partial charge in [0.2, 0.25) is 0 Å². The summed E-state index contributed by atoms with van der Waals surface area (Å²) in [7, 11) is 1.52. The number of carbonyl (C=O) groups is 2. The van der Waals surface area contributed by atoms with Crippen molar-refractivity contribution in [2.24, 2.45) is 0 Å². The van der Waals surface area contributed by atoms with Crippen molar-refractivity contribution in [3.63, 3.8) is 0 Å². The minimum atomic E-state index is -0.599. The number of nitrogens with two attached hydrogens (primary N) is 1. The Bertz CT molecular complexity index is 572. The predicted molar refractivity (Wildman–Crippen MR) is 66.1 cm³/mol. The first-order valence-electron chi connectivity index (χ1n) is 5.48. The summed E-state index contributed by atoms with van der Waals surface area (Å²) in [6.07, 6.45) is 0. The van der Waals surface area contributed by atoms with Gasteiger partial charge in [-0.05, 0) is 11.6 Å². The second-order valence-corrected chi connectivity index (χ2v) is 4.27. The molecule has 1 aromatic carbocycles. The minimum absolute atomic E-state index is 0.00310. The monoisotopic (exact) mass is 264 g/mol. The second kappa shape index (κ2) is 4.56. The van der Waals surface area contributed by atoms with E-state index in [-0.39, 0.29) is 30.4 Å². The summed E-state index contributed by atoms with van der Waals surface area (Å²) >= 11 is 0. The molecule has 1 aliphatic rings. The molecule has 3 amide bonds. The summed E-state index contributed by atoms with van der Waals surface area (Å²) in [5.74, 6) is -0.327. The number of nitro groups is 1. The maximum absolute atomic E-state index is 11.7. The highest BCUT2D eigenvalue weighted by molar-refractivity contribution is 6.01. The first kappa shape index (κ1) is 12.8. The van der Waals surface area contributed by atoms with Crippen molar-refractivity contribution in [2.75, 3.05) is 19.3 Å². The van der Waals surface area contributed by atoms with Crippen molar-refractivity contribution in [2.45, 2.75) is 6.54 Å².